The van der Waals surface area contributed by atoms with E-state index in [4.69, 9.17) is 15.2 Å². The maximum Gasteiger partial charge on any atom is 0.306 e. The van der Waals surface area contributed by atoms with Crippen LogP contribution in [0, 0.1) is 0 Å². The smallest absolute Gasteiger partial charge is 0.306 e. The van der Waals surface area contributed by atoms with E-state index in [1.165, 1.54) is 4.90 Å². The number of hydrogen-bond donors (Lipinski definition) is 3. The van der Waals surface area contributed by atoms with Crippen LogP contribution < -0.4 is 21.5 Å². The van der Waals surface area contributed by atoms with Crippen molar-refractivity contribution in [2.75, 3.05) is 22.5 Å². The van der Waals surface area contributed by atoms with E-state index in [2.05, 4.69) is 15.3 Å². The van der Waals surface area contributed by atoms with Crippen molar-refractivity contribution in [3.8, 4) is 0 Å². The van der Waals surface area contributed by atoms with Crippen molar-refractivity contribution in [1.29, 1.82) is 0 Å². The van der Waals surface area contributed by atoms with Crippen molar-refractivity contribution < 1.29 is 23.9 Å². The summed E-state index contributed by atoms with van der Waals surface area (Å²) in [4.78, 5) is 58.1. The Bertz CT molecular complexity index is 886. The predicted molar refractivity (Wildman–Crippen MR) is 119 cm³/mol. The number of nitrogens with two attached hydrogens (primary N) is 1. The van der Waals surface area contributed by atoms with Crippen LogP contribution in [-0.2, 0) is 23.9 Å². The Hall–Kier alpha value is -3.11. The Morgan fingerprint density at radius 3 is 2.28 bits per heavy atom. The monoisotopic (exact) mass is 451 g/mol. The zero-order valence-electron chi connectivity index (χ0n) is 19.1. The summed E-state index contributed by atoms with van der Waals surface area (Å²) in [5.41, 5.74) is 5.05. The summed E-state index contributed by atoms with van der Waals surface area (Å²) in [5.74, 6) is -1.16. The van der Waals surface area contributed by atoms with E-state index in [1.807, 2.05) is 20.8 Å². The van der Waals surface area contributed by atoms with Gasteiger partial charge in [-0.15, -0.1) is 0 Å². The minimum absolute atomic E-state index is 0.00229. The Morgan fingerprint density at radius 1 is 1.09 bits per heavy atom. The van der Waals surface area contributed by atoms with Crippen LogP contribution in [0.4, 0.5) is 17.5 Å². The highest BCUT2D eigenvalue weighted by atomic mass is 16.6. The lowest BCUT2D eigenvalue weighted by Crippen LogP contribution is -2.59. The Labute approximate surface area is 187 Å². The van der Waals surface area contributed by atoms with Gasteiger partial charge in [0.2, 0.25) is 11.9 Å². The van der Waals surface area contributed by atoms with Crippen LogP contribution in [0.25, 0.3) is 0 Å². The molecule has 0 spiro atoms. The second-order valence-corrected chi connectivity index (χ2v) is 7.76. The van der Waals surface area contributed by atoms with Gasteiger partial charge in [-0.1, -0.05) is 20.8 Å². The van der Waals surface area contributed by atoms with Gasteiger partial charge in [-0.2, -0.15) is 4.98 Å². The molecule has 3 atom stereocenters. The number of rotatable bonds is 10. The molecule has 0 aromatic carbocycles. The number of anilines is 3. The van der Waals surface area contributed by atoms with Crippen LogP contribution in [0.5, 0.6) is 0 Å². The molecule has 178 valence electrons. The highest BCUT2D eigenvalue weighted by Crippen LogP contribution is 2.31. The van der Waals surface area contributed by atoms with Gasteiger partial charge in [0.25, 0.3) is 5.56 Å². The third kappa shape index (κ3) is 5.98. The molecule has 4 N–H and O–H groups in total. The van der Waals surface area contributed by atoms with Crippen LogP contribution in [-0.4, -0.2) is 52.6 Å². The largest absolute Gasteiger partial charge is 0.459 e. The van der Waals surface area contributed by atoms with Crippen LogP contribution in [0.1, 0.15) is 66.2 Å². The van der Waals surface area contributed by atoms with Gasteiger partial charge < -0.3 is 20.5 Å². The normalized spacial score (nSPS) is 17.0. The Balaban J connectivity index is 2.50. The van der Waals surface area contributed by atoms with Crippen LogP contribution in [0.3, 0.4) is 0 Å². The first-order chi connectivity index (χ1) is 15.2. The Morgan fingerprint density at radius 2 is 1.69 bits per heavy atom. The van der Waals surface area contributed by atoms with Crippen molar-refractivity contribution in [2.24, 2.45) is 0 Å². The number of aromatic amines is 1. The summed E-state index contributed by atoms with van der Waals surface area (Å²) >= 11 is 0. The van der Waals surface area contributed by atoms with E-state index in [9.17, 15) is 19.2 Å². The zero-order valence-corrected chi connectivity index (χ0v) is 19.1. The summed E-state index contributed by atoms with van der Waals surface area (Å²) in [6, 6.07) is -0.793. The van der Waals surface area contributed by atoms with Gasteiger partial charge in [-0.25, -0.2) is 0 Å². The fourth-order valence-electron chi connectivity index (χ4n) is 3.64. The molecule has 0 fully saturated rings. The molecule has 1 aliphatic rings. The molecule has 11 heteroatoms. The van der Waals surface area contributed by atoms with E-state index >= 15 is 0 Å². The first-order valence-corrected chi connectivity index (χ1v) is 11.1. The number of nitrogen functional groups attached to an aromatic ring is 1. The van der Waals surface area contributed by atoms with Gasteiger partial charge in [0.05, 0.1) is 6.04 Å². The molecule has 0 unspecified atom stereocenters. The second kappa shape index (κ2) is 11.5. The molecule has 0 radical (unpaired) electrons. The number of ether oxygens (including phenoxy) is 2. The van der Waals surface area contributed by atoms with Crippen LogP contribution in [0.15, 0.2) is 4.79 Å². The number of hydrogen-bond acceptors (Lipinski definition) is 9. The predicted octanol–water partition coefficient (Wildman–Crippen LogP) is 1.72. The second-order valence-electron chi connectivity index (χ2n) is 7.76. The number of carbonyl (C=O) groups is 3. The maximum atomic E-state index is 13.1. The van der Waals surface area contributed by atoms with Crippen molar-refractivity contribution in [2.45, 2.75) is 84.5 Å². The van der Waals surface area contributed by atoms with Gasteiger partial charge in [0.1, 0.15) is 6.10 Å². The number of esters is 2. The molecule has 2 rings (SSSR count). The molecule has 0 saturated carbocycles. The number of fused-ring (bicyclic) bond motifs is 1. The lowest BCUT2D eigenvalue weighted by molar-refractivity contribution is -0.168. The van der Waals surface area contributed by atoms with E-state index in [0.29, 0.717) is 19.3 Å². The summed E-state index contributed by atoms with van der Waals surface area (Å²) < 4.78 is 11.2. The molecule has 1 aromatic heterocycles. The van der Waals surface area contributed by atoms with Gasteiger partial charge in [-0.3, -0.25) is 29.1 Å². The van der Waals surface area contributed by atoms with Gasteiger partial charge in [0, 0.05) is 25.8 Å². The third-order valence-electron chi connectivity index (χ3n) is 5.03. The van der Waals surface area contributed by atoms with Crippen molar-refractivity contribution in [3.05, 3.63) is 10.4 Å². The average molecular weight is 452 g/mol. The van der Waals surface area contributed by atoms with E-state index in [-0.39, 0.29) is 49.2 Å². The average Bonchev–Trinajstić information content (AvgIpc) is 2.71. The standard InChI is InChI=1S/C21H33N5O6/c1-5-8-14(27)26-13(11-23-19-17(26)20(30)25-21(22)24-19)18(32-16(29)10-7-3)12(4)31-15(28)9-6-2/h12-13,18H,5-11H2,1-4H3,(H4,22,23,24,25,30)/t12-,13+,18-/m0/s1. The van der Waals surface area contributed by atoms with Gasteiger partial charge in [-0.05, 0) is 26.2 Å². The summed E-state index contributed by atoms with van der Waals surface area (Å²) in [7, 11) is 0. The molecule has 0 bridgehead atoms. The molecular formula is C21H33N5O6. The molecule has 1 amide bonds. The molecule has 1 aromatic rings. The number of nitrogens with one attached hydrogen (secondary N) is 2. The summed E-state index contributed by atoms with van der Waals surface area (Å²) in [6.45, 7) is 7.27. The number of aromatic nitrogens is 2. The first-order valence-electron chi connectivity index (χ1n) is 11.1. The molecule has 2 heterocycles. The lowest BCUT2D eigenvalue weighted by atomic mass is 10.00. The fourth-order valence-corrected chi connectivity index (χ4v) is 3.64. The summed E-state index contributed by atoms with van der Waals surface area (Å²) in [6.07, 6.45) is 0.439. The highest BCUT2D eigenvalue weighted by molar-refractivity contribution is 5.97. The van der Waals surface area contributed by atoms with E-state index < -0.39 is 35.7 Å². The Kier molecular flexibility index (Phi) is 9.03. The minimum atomic E-state index is -0.992. The van der Waals surface area contributed by atoms with Crippen molar-refractivity contribution >= 4 is 35.3 Å². The fraction of sp³-hybridized carbons (Fsp3) is 0.667. The molecule has 1 aliphatic heterocycles. The molecular weight excluding hydrogens is 418 g/mol. The maximum absolute atomic E-state index is 13.1. The zero-order chi connectivity index (χ0) is 23.8. The molecule has 0 saturated heterocycles. The lowest BCUT2D eigenvalue weighted by Gasteiger charge is -2.41. The number of H-pyrrole nitrogens is 1. The van der Waals surface area contributed by atoms with E-state index in [1.54, 1.807) is 6.92 Å². The summed E-state index contributed by atoms with van der Waals surface area (Å²) in [5, 5.41) is 3.00. The van der Waals surface area contributed by atoms with Gasteiger partial charge >= 0.3 is 11.9 Å². The number of nitrogens with zero attached hydrogens (tertiary/aromatic N) is 2. The quantitative estimate of drug-likeness (QED) is 0.451. The molecule has 11 nitrogen and oxygen atoms in total. The van der Waals surface area contributed by atoms with Crippen molar-refractivity contribution in [3.63, 3.8) is 0 Å². The number of amides is 1. The van der Waals surface area contributed by atoms with Crippen LogP contribution in [0.2, 0.25) is 0 Å². The SMILES string of the molecule is CCCC(=O)O[C@@H]([C@H](C)OC(=O)CCC)[C@H]1CNc2nc(N)[nH]c(=O)c2N1C(=O)CCC. The highest BCUT2D eigenvalue weighted by Gasteiger charge is 2.43. The minimum Gasteiger partial charge on any atom is -0.459 e. The van der Waals surface area contributed by atoms with Crippen LogP contribution >= 0.6 is 0 Å². The first kappa shape index (κ1) is 25.2. The van der Waals surface area contributed by atoms with Gasteiger partial charge in [0.15, 0.2) is 17.6 Å². The molecule has 0 aliphatic carbocycles. The third-order valence-corrected chi connectivity index (χ3v) is 5.03. The van der Waals surface area contributed by atoms with Crippen molar-refractivity contribution in [1.82, 2.24) is 9.97 Å². The topological polar surface area (TPSA) is 157 Å². The number of carbonyl (C=O) groups excluding carboxylic acids is 3. The molecule has 32 heavy (non-hydrogen) atoms. The van der Waals surface area contributed by atoms with E-state index in [0.717, 1.165) is 0 Å².